The number of ether oxygens (including phenoxy) is 1. The Labute approximate surface area is 95.2 Å². The Bertz CT molecular complexity index is 329. The number of nitrogens with one attached hydrogen (secondary N) is 1. The van der Waals surface area contributed by atoms with Crippen molar-refractivity contribution in [2.24, 2.45) is 5.92 Å². The van der Waals surface area contributed by atoms with Crippen LogP contribution in [0.3, 0.4) is 0 Å². The molecule has 2 atom stereocenters. The highest BCUT2D eigenvalue weighted by atomic mass is 16.5. The zero-order valence-corrected chi connectivity index (χ0v) is 9.80. The molecule has 0 saturated heterocycles. The Hall–Kier alpha value is -1.49. The highest BCUT2D eigenvalue weighted by Crippen LogP contribution is 2.05. The molecule has 0 bridgehead atoms. The fourth-order valence-corrected chi connectivity index (χ4v) is 1.26. The van der Waals surface area contributed by atoms with Crippen LogP contribution in [-0.2, 0) is 16.1 Å². The average molecular weight is 223 g/mol. The first-order valence-corrected chi connectivity index (χ1v) is 5.23. The van der Waals surface area contributed by atoms with Crippen molar-refractivity contribution in [1.82, 2.24) is 15.5 Å². The number of rotatable bonds is 5. The summed E-state index contributed by atoms with van der Waals surface area (Å²) in [5.74, 6) is -0.388. The van der Waals surface area contributed by atoms with Crippen molar-refractivity contribution in [2.45, 2.75) is 26.4 Å². The molecule has 0 aliphatic heterocycles. The number of nitrogens with zero attached hydrogens (tertiary/aromatic N) is 2. The van der Waals surface area contributed by atoms with E-state index in [4.69, 9.17) is 0 Å². The molecule has 1 aromatic rings. The highest BCUT2D eigenvalue weighted by Gasteiger charge is 2.20. The molecule has 1 N–H and O–H groups in total. The van der Waals surface area contributed by atoms with E-state index in [1.54, 1.807) is 6.20 Å². The molecule has 0 aromatic carbocycles. The van der Waals surface area contributed by atoms with Crippen LogP contribution in [0.25, 0.3) is 0 Å². The lowest BCUT2D eigenvalue weighted by Crippen LogP contribution is -2.36. The topological polar surface area (TPSA) is 64.1 Å². The Morgan fingerprint density at radius 3 is 2.88 bits per heavy atom. The van der Waals surface area contributed by atoms with Crippen LogP contribution in [0.15, 0.2) is 18.3 Å². The van der Waals surface area contributed by atoms with E-state index in [0.717, 1.165) is 5.69 Å². The summed E-state index contributed by atoms with van der Waals surface area (Å²) in [6.45, 7) is 4.37. The van der Waals surface area contributed by atoms with Gasteiger partial charge in [0.2, 0.25) is 0 Å². The predicted octanol–water partition coefficient (Wildman–Crippen LogP) is 0.764. The maximum absolute atomic E-state index is 11.3. The Morgan fingerprint density at radius 2 is 2.31 bits per heavy atom. The summed E-state index contributed by atoms with van der Waals surface area (Å²) in [6, 6.07) is 3.75. The van der Waals surface area contributed by atoms with Gasteiger partial charge < -0.3 is 10.1 Å². The lowest BCUT2D eigenvalue weighted by Gasteiger charge is -2.18. The van der Waals surface area contributed by atoms with Gasteiger partial charge in [0.15, 0.2) is 0 Å². The number of carbonyl (C=O) groups is 1. The van der Waals surface area contributed by atoms with Crippen LogP contribution in [-0.4, -0.2) is 29.3 Å². The third-order valence-electron chi connectivity index (χ3n) is 2.56. The second-order valence-electron chi connectivity index (χ2n) is 3.70. The third kappa shape index (κ3) is 3.58. The van der Waals surface area contributed by atoms with Crippen molar-refractivity contribution in [3.8, 4) is 0 Å². The summed E-state index contributed by atoms with van der Waals surface area (Å²) in [5, 5.41) is 10.9. The maximum atomic E-state index is 11.3. The Balaban J connectivity index is 2.41. The van der Waals surface area contributed by atoms with Gasteiger partial charge in [-0.25, -0.2) is 0 Å². The van der Waals surface area contributed by atoms with E-state index < -0.39 is 0 Å². The van der Waals surface area contributed by atoms with Crippen molar-refractivity contribution in [3.63, 3.8) is 0 Å². The minimum atomic E-state index is -0.209. The summed E-state index contributed by atoms with van der Waals surface area (Å²) >= 11 is 0. The summed E-state index contributed by atoms with van der Waals surface area (Å²) in [7, 11) is 1.40. The average Bonchev–Trinajstić information content (AvgIpc) is 2.35. The molecule has 0 aliphatic rings. The van der Waals surface area contributed by atoms with Crippen molar-refractivity contribution >= 4 is 5.97 Å². The molecule has 88 valence electrons. The quantitative estimate of drug-likeness (QED) is 0.747. The van der Waals surface area contributed by atoms with E-state index in [-0.39, 0.29) is 17.9 Å². The van der Waals surface area contributed by atoms with E-state index in [2.05, 4.69) is 20.3 Å². The first kappa shape index (κ1) is 12.6. The summed E-state index contributed by atoms with van der Waals surface area (Å²) < 4.78 is 4.68. The molecule has 0 saturated carbocycles. The molecule has 0 fully saturated rings. The summed E-state index contributed by atoms with van der Waals surface area (Å²) in [5.41, 5.74) is 0.853. The van der Waals surface area contributed by atoms with Crippen LogP contribution in [0.4, 0.5) is 0 Å². The number of hydrogen-bond donors (Lipinski definition) is 1. The molecule has 0 spiro atoms. The molecule has 5 nitrogen and oxygen atoms in total. The van der Waals surface area contributed by atoms with Gasteiger partial charge in [0.05, 0.1) is 18.7 Å². The molecule has 1 rings (SSSR count). The molecular weight excluding hydrogens is 206 g/mol. The predicted molar refractivity (Wildman–Crippen MR) is 59.5 cm³/mol. The van der Waals surface area contributed by atoms with Gasteiger partial charge in [-0.05, 0) is 19.1 Å². The standard InChI is InChI=1S/C11H17N3O2/c1-8(11(15)16-3)9(2)12-7-10-5-4-6-13-14-10/h4-6,8-9,12H,7H2,1-3H3. The van der Waals surface area contributed by atoms with Crippen molar-refractivity contribution in [1.29, 1.82) is 0 Å². The van der Waals surface area contributed by atoms with E-state index in [1.807, 2.05) is 26.0 Å². The van der Waals surface area contributed by atoms with Gasteiger partial charge in [0.1, 0.15) is 0 Å². The van der Waals surface area contributed by atoms with Crippen LogP contribution in [0.5, 0.6) is 0 Å². The molecular formula is C11H17N3O2. The van der Waals surface area contributed by atoms with E-state index >= 15 is 0 Å². The van der Waals surface area contributed by atoms with E-state index in [9.17, 15) is 4.79 Å². The number of hydrogen-bond acceptors (Lipinski definition) is 5. The zero-order valence-electron chi connectivity index (χ0n) is 9.80. The van der Waals surface area contributed by atoms with E-state index in [0.29, 0.717) is 6.54 Å². The minimum Gasteiger partial charge on any atom is -0.469 e. The SMILES string of the molecule is COC(=O)C(C)C(C)NCc1cccnn1. The van der Waals surface area contributed by atoms with Gasteiger partial charge in [-0.2, -0.15) is 10.2 Å². The molecule has 5 heteroatoms. The molecule has 0 amide bonds. The first-order valence-electron chi connectivity index (χ1n) is 5.23. The highest BCUT2D eigenvalue weighted by molar-refractivity contribution is 5.72. The number of methoxy groups -OCH3 is 1. The fraction of sp³-hybridized carbons (Fsp3) is 0.545. The second kappa shape index (κ2) is 6.17. The maximum Gasteiger partial charge on any atom is 0.309 e. The van der Waals surface area contributed by atoms with Crippen LogP contribution < -0.4 is 5.32 Å². The summed E-state index contributed by atoms with van der Waals surface area (Å²) in [4.78, 5) is 11.3. The lowest BCUT2D eigenvalue weighted by molar-refractivity contribution is -0.145. The number of carbonyl (C=O) groups excluding carboxylic acids is 1. The van der Waals surface area contributed by atoms with Gasteiger partial charge in [-0.15, -0.1) is 0 Å². The van der Waals surface area contributed by atoms with Crippen LogP contribution in [0.1, 0.15) is 19.5 Å². The monoisotopic (exact) mass is 223 g/mol. The third-order valence-corrected chi connectivity index (χ3v) is 2.56. The van der Waals surface area contributed by atoms with Crippen molar-refractivity contribution in [2.75, 3.05) is 7.11 Å². The molecule has 0 aliphatic carbocycles. The minimum absolute atomic E-state index is 0.0365. The second-order valence-corrected chi connectivity index (χ2v) is 3.70. The lowest BCUT2D eigenvalue weighted by atomic mass is 10.0. The van der Waals surface area contributed by atoms with Gasteiger partial charge >= 0.3 is 5.97 Å². The molecule has 0 radical (unpaired) electrons. The molecule has 16 heavy (non-hydrogen) atoms. The van der Waals surface area contributed by atoms with Gasteiger partial charge in [0.25, 0.3) is 0 Å². The molecule has 1 heterocycles. The van der Waals surface area contributed by atoms with E-state index in [1.165, 1.54) is 7.11 Å². The smallest absolute Gasteiger partial charge is 0.309 e. The van der Waals surface area contributed by atoms with Gasteiger partial charge in [-0.3, -0.25) is 4.79 Å². The first-order chi connectivity index (χ1) is 7.65. The van der Waals surface area contributed by atoms with Gasteiger partial charge in [0, 0.05) is 18.8 Å². The Morgan fingerprint density at radius 1 is 1.56 bits per heavy atom. The fourth-order valence-electron chi connectivity index (χ4n) is 1.26. The zero-order chi connectivity index (χ0) is 12.0. The normalized spacial score (nSPS) is 14.2. The van der Waals surface area contributed by atoms with Crippen molar-refractivity contribution < 1.29 is 9.53 Å². The number of esters is 1. The molecule has 1 aromatic heterocycles. The number of aromatic nitrogens is 2. The van der Waals surface area contributed by atoms with Crippen LogP contribution in [0.2, 0.25) is 0 Å². The largest absolute Gasteiger partial charge is 0.469 e. The van der Waals surface area contributed by atoms with Crippen molar-refractivity contribution in [3.05, 3.63) is 24.0 Å². The molecule has 2 unspecified atom stereocenters. The summed E-state index contributed by atoms with van der Waals surface area (Å²) in [6.07, 6.45) is 1.63. The van der Waals surface area contributed by atoms with Crippen LogP contribution in [0, 0.1) is 5.92 Å². The van der Waals surface area contributed by atoms with Crippen LogP contribution >= 0.6 is 0 Å². The Kier molecular flexibility index (Phi) is 4.85. The van der Waals surface area contributed by atoms with Gasteiger partial charge in [-0.1, -0.05) is 6.92 Å².